The lowest BCUT2D eigenvalue weighted by molar-refractivity contribution is -0.127. The highest BCUT2D eigenvalue weighted by atomic mass is 16.1. The SMILES string of the molecule is CC(C)CCCC(C)[C@H]1CCC2C3=CC[C@H]4CC(=O)CC[C@]4(C)C3CC[C@@]21C. The van der Waals surface area contributed by atoms with Crippen molar-refractivity contribution in [2.75, 3.05) is 0 Å². The fraction of sp³-hybridized carbons (Fsp3) is 0.889. The molecule has 3 fully saturated rings. The van der Waals surface area contributed by atoms with Crippen molar-refractivity contribution in [3.05, 3.63) is 11.6 Å². The van der Waals surface area contributed by atoms with Crippen molar-refractivity contribution in [3.8, 4) is 0 Å². The molecule has 0 aromatic heterocycles. The highest BCUT2D eigenvalue weighted by molar-refractivity contribution is 5.79. The molecule has 0 spiro atoms. The van der Waals surface area contributed by atoms with E-state index in [0.29, 0.717) is 22.5 Å². The smallest absolute Gasteiger partial charge is 0.133 e. The lowest BCUT2D eigenvalue weighted by Gasteiger charge is -2.57. The van der Waals surface area contributed by atoms with Gasteiger partial charge in [0.1, 0.15) is 5.78 Å². The molecule has 3 unspecified atom stereocenters. The van der Waals surface area contributed by atoms with Gasteiger partial charge in [-0.05, 0) is 84.9 Å². The van der Waals surface area contributed by atoms with E-state index in [0.717, 1.165) is 48.9 Å². The first-order chi connectivity index (χ1) is 13.3. The number of fused-ring (bicyclic) bond motifs is 5. The van der Waals surface area contributed by atoms with Gasteiger partial charge >= 0.3 is 0 Å². The molecule has 0 bridgehead atoms. The van der Waals surface area contributed by atoms with Crippen LogP contribution in [0.15, 0.2) is 11.6 Å². The summed E-state index contributed by atoms with van der Waals surface area (Å²) in [5.74, 6) is 5.40. The monoisotopic (exact) mass is 384 g/mol. The summed E-state index contributed by atoms with van der Waals surface area (Å²) in [6.45, 7) is 12.5. The zero-order valence-corrected chi connectivity index (χ0v) is 19.2. The average molecular weight is 385 g/mol. The second kappa shape index (κ2) is 7.59. The van der Waals surface area contributed by atoms with Crippen LogP contribution in [0.5, 0.6) is 0 Å². The number of hydrogen-bond acceptors (Lipinski definition) is 1. The van der Waals surface area contributed by atoms with Gasteiger partial charge in [-0.25, -0.2) is 0 Å². The van der Waals surface area contributed by atoms with E-state index in [1.54, 1.807) is 0 Å². The van der Waals surface area contributed by atoms with Crippen molar-refractivity contribution in [2.24, 2.45) is 46.3 Å². The van der Waals surface area contributed by atoms with Gasteiger partial charge in [0.15, 0.2) is 0 Å². The number of Topliss-reactive ketones (excluding diaryl/α,β-unsaturated/α-hetero) is 1. The minimum Gasteiger partial charge on any atom is -0.300 e. The second-order valence-electron chi connectivity index (χ2n) is 12.0. The van der Waals surface area contributed by atoms with Gasteiger partial charge in [0, 0.05) is 12.8 Å². The lowest BCUT2D eigenvalue weighted by Crippen LogP contribution is -2.49. The first kappa shape index (κ1) is 20.7. The molecule has 0 amide bonds. The Hall–Kier alpha value is -0.590. The number of allylic oxidation sites excluding steroid dienone is 2. The van der Waals surface area contributed by atoms with E-state index in [4.69, 9.17) is 0 Å². The summed E-state index contributed by atoms with van der Waals surface area (Å²) in [5, 5.41) is 0. The number of hydrogen-bond donors (Lipinski definition) is 0. The standard InChI is InChI=1S/C27H44O/c1-18(2)7-6-8-19(3)23-11-12-24-22-10-9-20-17-21(28)13-15-26(20,4)25(22)14-16-27(23,24)5/h10,18-20,23-25H,6-9,11-17H2,1-5H3/t19?,20-,23+,24?,25?,26-,27+/m0/s1. The molecule has 0 saturated heterocycles. The van der Waals surface area contributed by atoms with Gasteiger partial charge in [-0.3, -0.25) is 4.79 Å². The molecule has 7 atom stereocenters. The number of ketones is 1. The van der Waals surface area contributed by atoms with Crippen LogP contribution in [0.1, 0.15) is 105 Å². The van der Waals surface area contributed by atoms with E-state index in [-0.39, 0.29) is 0 Å². The summed E-state index contributed by atoms with van der Waals surface area (Å²) < 4.78 is 0. The predicted octanol–water partition coefficient (Wildman–Crippen LogP) is 7.60. The molecule has 0 heterocycles. The molecule has 4 aliphatic rings. The molecule has 0 N–H and O–H groups in total. The summed E-state index contributed by atoms with van der Waals surface area (Å²) in [4.78, 5) is 12.1. The number of carbonyl (C=O) groups excluding carboxylic acids is 1. The topological polar surface area (TPSA) is 17.1 Å². The minimum absolute atomic E-state index is 0.403. The third-order valence-corrected chi connectivity index (χ3v) is 10.1. The van der Waals surface area contributed by atoms with Gasteiger partial charge in [0.25, 0.3) is 0 Å². The van der Waals surface area contributed by atoms with Gasteiger partial charge in [-0.2, -0.15) is 0 Å². The van der Waals surface area contributed by atoms with E-state index >= 15 is 0 Å². The molecule has 4 aliphatic carbocycles. The summed E-state index contributed by atoms with van der Waals surface area (Å²) in [6, 6.07) is 0. The summed E-state index contributed by atoms with van der Waals surface area (Å²) in [5.41, 5.74) is 2.78. The predicted molar refractivity (Wildman–Crippen MR) is 118 cm³/mol. The summed E-state index contributed by atoms with van der Waals surface area (Å²) in [6.07, 6.45) is 16.6. The van der Waals surface area contributed by atoms with Crippen molar-refractivity contribution >= 4 is 5.78 Å². The highest BCUT2D eigenvalue weighted by Crippen LogP contribution is 2.66. The minimum atomic E-state index is 0.403. The Balaban J connectivity index is 1.51. The zero-order chi connectivity index (χ0) is 20.1. The van der Waals surface area contributed by atoms with Crippen molar-refractivity contribution in [1.82, 2.24) is 0 Å². The molecule has 158 valence electrons. The zero-order valence-electron chi connectivity index (χ0n) is 19.2. The Kier molecular flexibility index (Phi) is 5.60. The number of rotatable bonds is 5. The van der Waals surface area contributed by atoms with Crippen LogP contribution in [0, 0.1) is 46.3 Å². The van der Waals surface area contributed by atoms with Gasteiger partial charge in [-0.1, -0.05) is 65.5 Å². The van der Waals surface area contributed by atoms with Crippen molar-refractivity contribution < 1.29 is 4.79 Å². The average Bonchev–Trinajstić information content (AvgIpc) is 2.99. The van der Waals surface area contributed by atoms with Crippen LogP contribution < -0.4 is 0 Å². The Bertz CT molecular complexity index is 630. The fourth-order valence-corrected chi connectivity index (χ4v) is 8.33. The lowest BCUT2D eigenvalue weighted by atomic mass is 9.47. The second-order valence-corrected chi connectivity index (χ2v) is 12.0. The van der Waals surface area contributed by atoms with Gasteiger partial charge < -0.3 is 0 Å². The van der Waals surface area contributed by atoms with Gasteiger partial charge in [0.05, 0.1) is 0 Å². The first-order valence-corrected chi connectivity index (χ1v) is 12.5. The van der Waals surface area contributed by atoms with E-state index in [1.165, 1.54) is 51.4 Å². The molecule has 4 rings (SSSR count). The molecule has 0 aromatic rings. The normalized spacial score (nSPS) is 43.9. The molecule has 1 nitrogen and oxygen atoms in total. The van der Waals surface area contributed by atoms with Crippen LogP contribution in [0.25, 0.3) is 0 Å². The van der Waals surface area contributed by atoms with Gasteiger partial charge in [0.2, 0.25) is 0 Å². The van der Waals surface area contributed by atoms with Crippen LogP contribution in [0.3, 0.4) is 0 Å². The summed E-state index contributed by atoms with van der Waals surface area (Å²) in [7, 11) is 0. The van der Waals surface area contributed by atoms with E-state index in [9.17, 15) is 4.79 Å². The molecule has 28 heavy (non-hydrogen) atoms. The quantitative estimate of drug-likeness (QED) is 0.446. The molecule has 0 aromatic carbocycles. The maximum atomic E-state index is 12.1. The van der Waals surface area contributed by atoms with Crippen molar-refractivity contribution in [1.29, 1.82) is 0 Å². The van der Waals surface area contributed by atoms with Gasteiger partial charge in [-0.15, -0.1) is 0 Å². The molecule has 3 saturated carbocycles. The third-order valence-electron chi connectivity index (χ3n) is 10.1. The van der Waals surface area contributed by atoms with E-state index in [2.05, 4.69) is 40.7 Å². The van der Waals surface area contributed by atoms with Crippen LogP contribution in [-0.4, -0.2) is 5.78 Å². The Morgan fingerprint density at radius 1 is 1.00 bits per heavy atom. The highest BCUT2D eigenvalue weighted by Gasteiger charge is 2.58. The molecular formula is C27H44O. The molecule has 0 aliphatic heterocycles. The Labute approximate surface area is 174 Å². The van der Waals surface area contributed by atoms with Crippen molar-refractivity contribution in [2.45, 2.75) is 105 Å². The Morgan fingerprint density at radius 3 is 2.50 bits per heavy atom. The maximum Gasteiger partial charge on any atom is 0.133 e. The maximum absolute atomic E-state index is 12.1. The molecule has 1 heteroatoms. The van der Waals surface area contributed by atoms with Crippen molar-refractivity contribution in [3.63, 3.8) is 0 Å². The Morgan fingerprint density at radius 2 is 1.75 bits per heavy atom. The fourth-order valence-electron chi connectivity index (χ4n) is 8.33. The van der Waals surface area contributed by atoms with Crippen LogP contribution in [0.4, 0.5) is 0 Å². The van der Waals surface area contributed by atoms with Crippen LogP contribution in [0.2, 0.25) is 0 Å². The molecular weight excluding hydrogens is 340 g/mol. The first-order valence-electron chi connectivity index (χ1n) is 12.5. The third kappa shape index (κ3) is 3.33. The molecule has 0 radical (unpaired) electrons. The van der Waals surface area contributed by atoms with E-state index < -0.39 is 0 Å². The van der Waals surface area contributed by atoms with Crippen LogP contribution >= 0.6 is 0 Å². The largest absolute Gasteiger partial charge is 0.300 e. The van der Waals surface area contributed by atoms with E-state index in [1.807, 2.05) is 5.57 Å². The summed E-state index contributed by atoms with van der Waals surface area (Å²) >= 11 is 0. The number of carbonyl (C=O) groups is 1. The van der Waals surface area contributed by atoms with Crippen LogP contribution in [-0.2, 0) is 4.79 Å².